The van der Waals surface area contributed by atoms with Crippen molar-refractivity contribution in [2.45, 2.75) is 39.5 Å². The van der Waals surface area contributed by atoms with Gasteiger partial charge in [-0.2, -0.15) is 0 Å². The van der Waals surface area contributed by atoms with Gasteiger partial charge in [0.05, 0.1) is 0 Å². The number of benzene rings is 5. The lowest BCUT2D eigenvalue weighted by Crippen LogP contribution is -2.16. The van der Waals surface area contributed by atoms with Crippen molar-refractivity contribution >= 4 is 16.9 Å². The molecule has 8 rings (SSSR count). The molecular formula is C50H44O. The summed E-state index contributed by atoms with van der Waals surface area (Å²) in [6.45, 7) is 4.74. The highest BCUT2D eigenvalue weighted by molar-refractivity contribution is 5.89. The van der Waals surface area contributed by atoms with Gasteiger partial charge in [0.15, 0.2) is 0 Å². The summed E-state index contributed by atoms with van der Waals surface area (Å²) >= 11 is 0. The minimum Gasteiger partial charge on any atom is -0.456 e. The molecule has 0 saturated heterocycles. The Morgan fingerprint density at radius 2 is 1.12 bits per heavy atom. The van der Waals surface area contributed by atoms with E-state index in [-0.39, 0.29) is 0 Å². The fourth-order valence-electron chi connectivity index (χ4n) is 7.98. The first-order chi connectivity index (χ1) is 25.1. The highest BCUT2D eigenvalue weighted by Gasteiger charge is 2.30. The summed E-state index contributed by atoms with van der Waals surface area (Å²) in [5.74, 6) is 3.03. The van der Waals surface area contributed by atoms with Crippen molar-refractivity contribution < 1.29 is 4.74 Å². The van der Waals surface area contributed by atoms with Gasteiger partial charge in [0, 0.05) is 11.1 Å². The zero-order chi connectivity index (χ0) is 34.6. The maximum absolute atomic E-state index is 6.78. The summed E-state index contributed by atoms with van der Waals surface area (Å²) in [5, 5.41) is 0. The van der Waals surface area contributed by atoms with Gasteiger partial charge in [-0.3, -0.25) is 0 Å². The number of fused-ring (bicyclic) bond motifs is 2. The van der Waals surface area contributed by atoms with Gasteiger partial charge in [0.2, 0.25) is 0 Å². The van der Waals surface area contributed by atoms with Crippen molar-refractivity contribution in [3.63, 3.8) is 0 Å². The number of hydrogen-bond donors (Lipinski definition) is 0. The molecule has 250 valence electrons. The lowest BCUT2D eigenvalue weighted by atomic mass is 9.76. The second kappa shape index (κ2) is 14.7. The van der Waals surface area contributed by atoms with Crippen LogP contribution in [0.4, 0.5) is 0 Å². The van der Waals surface area contributed by atoms with E-state index in [0.717, 1.165) is 42.8 Å². The molecule has 1 heterocycles. The smallest absolute Gasteiger partial charge is 0.135 e. The van der Waals surface area contributed by atoms with E-state index in [9.17, 15) is 0 Å². The SMILES string of the molecule is CC1CC(\C=C/C=C/C=C2\CC(C)Cc3c2cc(-c2ccccc2)cc3-c2ccccc2)=C2OC(c3ccccc3)=CC(c3ccccc3)=C2C1. The van der Waals surface area contributed by atoms with Crippen LogP contribution in [0, 0.1) is 11.8 Å². The first kappa shape index (κ1) is 32.5. The lowest BCUT2D eigenvalue weighted by Gasteiger charge is -2.32. The molecule has 0 spiro atoms. The van der Waals surface area contributed by atoms with Crippen LogP contribution in [0.3, 0.4) is 0 Å². The minimum absolute atomic E-state index is 0.529. The molecule has 1 aliphatic heterocycles. The van der Waals surface area contributed by atoms with E-state index >= 15 is 0 Å². The fraction of sp³-hybridized carbons (Fsp3) is 0.160. The van der Waals surface area contributed by atoms with Crippen LogP contribution in [0.1, 0.15) is 55.4 Å². The number of ether oxygens (including phenoxy) is 1. The normalized spacial score (nSPS) is 19.6. The van der Waals surface area contributed by atoms with Gasteiger partial charge in [0.25, 0.3) is 0 Å². The molecule has 0 aromatic heterocycles. The number of rotatable bonds is 7. The van der Waals surface area contributed by atoms with Crippen LogP contribution in [0.15, 0.2) is 187 Å². The molecule has 5 aromatic rings. The largest absolute Gasteiger partial charge is 0.456 e. The Morgan fingerprint density at radius 1 is 0.529 bits per heavy atom. The van der Waals surface area contributed by atoms with Crippen molar-refractivity contribution in [3.8, 4) is 22.3 Å². The van der Waals surface area contributed by atoms with Gasteiger partial charge in [-0.25, -0.2) is 0 Å². The third-order valence-corrected chi connectivity index (χ3v) is 10.4. The summed E-state index contributed by atoms with van der Waals surface area (Å²) in [5.41, 5.74) is 15.6. The van der Waals surface area contributed by atoms with Crippen LogP contribution in [0.2, 0.25) is 0 Å². The monoisotopic (exact) mass is 660 g/mol. The Labute approximate surface area is 303 Å². The second-order valence-corrected chi connectivity index (χ2v) is 14.3. The first-order valence-electron chi connectivity index (χ1n) is 18.4. The Morgan fingerprint density at radius 3 is 1.80 bits per heavy atom. The Bertz CT molecular complexity index is 2210. The predicted octanol–water partition coefficient (Wildman–Crippen LogP) is 13.3. The Kier molecular flexibility index (Phi) is 9.36. The standard InChI is InChI=1S/C50H44O/c1-35-28-41(45-33-43(37-18-8-3-9-19-37)32-44(47(45)30-35)38-20-10-4-11-21-38)26-16-7-17-27-42-29-36(2)31-48-46(39-22-12-5-13-23-39)34-49(51-50(42)48)40-24-14-6-15-25-40/h3-27,32-36H,28-31H2,1-2H3/b16-7+,27-17-,41-26+. The number of allylic oxidation sites excluding steroid dienone is 10. The summed E-state index contributed by atoms with van der Waals surface area (Å²) in [7, 11) is 0. The topological polar surface area (TPSA) is 9.23 Å². The molecule has 1 heteroatoms. The van der Waals surface area contributed by atoms with E-state index < -0.39 is 0 Å². The summed E-state index contributed by atoms with van der Waals surface area (Å²) in [4.78, 5) is 0. The molecule has 0 saturated carbocycles. The molecule has 0 radical (unpaired) electrons. The Balaban J connectivity index is 1.15. The van der Waals surface area contributed by atoms with Crippen molar-refractivity contribution in [3.05, 3.63) is 209 Å². The third-order valence-electron chi connectivity index (χ3n) is 10.4. The summed E-state index contributed by atoms with van der Waals surface area (Å²) < 4.78 is 6.78. The van der Waals surface area contributed by atoms with E-state index in [1.54, 1.807) is 0 Å². The van der Waals surface area contributed by atoms with Gasteiger partial charge in [0.1, 0.15) is 11.5 Å². The molecular weight excluding hydrogens is 617 g/mol. The molecule has 3 aliphatic rings. The third kappa shape index (κ3) is 7.03. The van der Waals surface area contributed by atoms with E-state index in [2.05, 4.69) is 184 Å². The second-order valence-electron chi connectivity index (χ2n) is 14.3. The zero-order valence-electron chi connectivity index (χ0n) is 29.6. The lowest BCUT2D eigenvalue weighted by molar-refractivity contribution is 0.358. The maximum atomic E-state index is 6.78. The molecule has 5 aromatic carbocycles. The summed E-state index contributed by atoms with van der Waals surface area (Å²) in [6.07, 6.45) is 17.6. The van der Waals surface area contributed by atoms with Crippen LogP contribution in [-0.2, 0) is 11.2 Å². The number of hydrogen-bond acceptors (Lipinski definition) is 1. The van der Waals surface area contributed by atoms with Gasteiger partial charge < -0.3 is 4.74 Å². The highest BCUT2D eigenvalue weighted by atomic mass is 16.5. The van der Waals surface area contributed by atoms with Gasteiger partial charge in [-0.1, -0.05) is 166 Å². The molecule has 2 aliphatic carbocycles. The van der Waals surface area contributed by atoms with Gasteiger partial charge in [-0.05, 0) is 111 Å². The minimum atomic E-state index is 0.529. The average Bonchev–Trinajstić information content (AvgIpc) is 3.18. The fourth-order valence-corrected chi connectivity index (χ4v) is 7.98. The first-order valence-corrected chi connectivity index (χ1v) is 18.4. The molecule has 1 nitrogen and oxygen atoms in total. The average molecular weight is 661 g/mol. The van der Waals surface area contributed by atoms with Crippen molar-refractivity contribution in [1.82, 2.24) is 0 Å². The van der Waals surface area contributed by atoms with Crippen molar-refractivity contribution in [2.75, 3.05) is 0 Å². The van der Waals surface area contributed by atoms with Crippen LogP contribution >= 0.6 is 0 Å². The highest BCUT2D eigenvalue weighted by Crippen LogP contribution is 2.46. The van der Waals surface area contributed by atoms with Crippen molar-refractivity contribution in [1.29, 1.82) is 0 Å². The summed E-state index contributed by atoms with van der Waals surface area (Å²) in [6, 6.07) is 47.7. The molecule has 0 fully saturated rings. The Hall–Kier alpha value is -5.66. The van der Waals surface area contributed by atoms with Gasteiger partial charge in [-0.15, -0.1) is 0 Å². The van der Waals surface area contributed by atoms with Crippen LogP contribution in [-0.4, -0.2) is 0 Å². The molecule has 2 atom stereocenters. The van der Waals surface area contributed by atoms with E-state index in [1.807, 2.05) is 0 Å². The van der Waals surface area contributed by atoms with E-state index in [1.165, 1.54) is 61.2 Å². The molecule has 0 amide bonds. The molecule has 2 unspecified atom stereocenters. The van der Waals surface area contributed by atoms with Crippen LogP contribution in [0.25, 0.3) is 39.2 Å². The van der Waals surface area contributed by atoms with Crippen LogP contribution < -0.4 is 0 Å². The quantitative estimate of drug-likeness (QED) is 0.158. The molecule has 0 bridgehead atoms. The maximum Gasteiger partial charge on any atom is 0.135 e. The van der Waals surface area contributed by atoms with Gasteiger partial charge >= 0.3 is 0 Å². The van der Waals surface area contributed by atoms with E-state index in [4.69, 9.17) is 4.74 Å². The molecule has 0 N–H and O–H groups in total. The van der Waals surface area contributed by atoms with E-state index in [0.29, 0.717) is 11.8 Å². The zero-order valence-corrected chi connectivity index (χ0v) is 29.6. The predicted molar refractivity (Wildman–Crippen MR) is 215 cm³/mol. The molecule has 51 heavy (non-hydrogen) atoms. The van der Waals surface area contributed by atoms with Crippen LogP contribution in [0.5, 0.6) is 0 Å². The van der Waals surface area contributed by atoms with Crippen molar-refractivity contribution in [2.24, 2.45) is 11.8 Å².